The number of hydrogen-bond donors (Lipinski definition) is 2. The number of aliphatic hydroxyl groups excluding tert-OH is 1. The fraction of sp³-hybridized carbons (Fsp3) is 0.231. The molecule has 1 heterocycles. The maximum atomic E-state index is 13.4. The maximum Gasteiger partial charge on any atom is 0.167 e. The molecule has 1 aromatic carbocycles. The molecule has 2 rings (SSSR count). The molecule has 18 heavy (non-hydrogen) atoms. The molecule has 0 aliphatic heterocycles. The number of methoxy groups -OCH3 is 1. The van der Waals surface area contributed by atoms with E-state index in [4.69, 9.17) is 9.15 Å². The maximum absolute atomic E-state index is 13.4. The average Bonchev–Trinajstić information content (AvgIpc) is 2.90. The summed E-state index contributed by atoms with van der Waals surface area (Å²) in [6.07, 6.45) is 0.719. The Bertz CT molecular complexity index is 499. The Morgan fingerprint density at radius 2 is 2.28 bits per heavy atom. The second-order valence-corrected chi connectivity index (χ2v) is 3.76. The van der Waals surface area contributed by atoms with E-state index in [0.29, 0.717) is 11.4 Å². The zero-order valence-corrected chi connectivity index (χ0v) is 9.89. The van der Waals surface area contributed by atoms with Gasteiger partial charge in [-0.15, -0.1) is 0 Å². The van der Waals surface area contributed by atoms with E-state index in [0.717, 1.165) is 0 Å². The number of anilines is 1. The van der Waals surface area contributed by atoms with Gasteiger partial charge in [0.15, 0.2) is 11.6 Å². The van der Waals surface area contributed by atoms with Crippen LogP contribution in [0.4, 0.5) is 10.1 Å². The first-order valence-electron chi connectivity index (χ1n) is 5.49. The van der Waals surface area contributed by atoms with Gasteiger partial charge in [0.1, 0.15) is 11.9 Å². The Morgan fingerprint density at radius 1 is 1.44 bits per heavy atom. The van der Waals surface area contributed by atoms with Crippen molar-refractivity contribution in [2.24, 2.45) is 0 Å². The molecular formula is C13H14FNO3. The van der Waals surface area contributed by atoms with Crippen LogP contribution in [0.2, 0.25) is 0 Å². The van der Waals surface area contributed by atoms with E-state index in [1.54, 1.807) is 18.2 Å². The first-order valence-corrected chi connectivity index (χ1v) is 5.49. The van der Waals surface area contributed by atoms with Gasteiger partial charge in [-0.1, -0.05) is 0 Å². The lowest BCUT2D eigenvalue weighted by atomic mass is 10.2. The van der Waals surface area contributed by atoms with E-state index in [2.05, 4.69) is 5.32 Å². The fourth-order valence-corrected chi connectivity index (χ4v) is 1.57. The molecule has 0 amide bonds. The van der Waals surface area contributed by atoms with Crippen molar-refractivity contribution < 1.29 is 18.7 Å². The Kier molecular flexibility index (Phi) is 3.84. The van der Waals surface area contributed by atoms with E-state index in [1.165, 1.54) is 25.5 Å². The molecule has 1 unspecified atom stereocenters. The van der Waals surface area contributed by atoms with Gasteiger partial charge >= 0.3 is 0 Å². The number of hydrogen-bond acceptors (Lipinski definition) is 4. The lowest BCUT2D eigenvalue weighted by Gasteiger charge is -2.11. The van der Waals surface area contributed by atoms with Gasteiger partial charge in [0, 0.05) is 18.3 Å². The van der Waals surface area contributed by atoms with Gasteiger partial charge in [-0.25, -0.2) is 4.39 Å². The molecule has 0 bridgehead atoms. The van der Waals surface area contributed by atoms with Crippen molar-refractivity contribution in [3.63, 3.8) is 0 Å². The van der Waals surface area contributed by atoms with Crippen LogP contribution in [0.5, 0.6) is 5.75 Å². The average molecular weight is 251 g/mol. The SMILES string of the molecule is COc1ccc(NCC(O)c2ccco2)cc1F. The van der Waals surface area contributed by atoms with Gasteiger partial charge < -0.3 is 19.6 Å². The Labute approximate surface area is 104 Å². The molecule has 0 fully saturated rings. The normalized spacial score (nSPS) is 12.2. The summed E-state index contributed by atoms with van der Waals surface area (Å²) in [6.45, 7) is 0.235. The Morgan fingerprint density at radius 3 is 2.89 bits per heavy atom. The molecule has 1 atom stereocenters. The van der Waals surface area contributed by atoms with Crippen LogP contribution in [0.3, 0.4) is 0 Å². The van der Waals surface area contributed by atoms with Gasteiger partial charge in [0.2, 0.25) is 0 Å². The van der Waals surface area contributed by atoms with Gasteiger partial charge in [-0.2, -0.15) is 0 Å². The summed E-state index contributed by atoms with van der Waals surface area (Å²) in [5, 5.41) is 12.7. The van der Waals surface area contributed by atoms with Gasteiger partial charge in [-0.05, 0) is 24.3 Å². The molecule has 4 nitrogen and oxygen atoms in total. The number of aliphatic hydroxyl groups is 1. The van der Waals surface area contributed by atoms with E-state index >= 15 is 0 Å². The number of nitrogens with one attached hydrogen (secondary N) is 1. The molecule has 0 saturated carbocycles. The van der Waals surface area contributed by atoms with Crippen molar-refractivity contribution >= 4 is 5.69 Å². The molecule has 1 aromatic heterocycles. The van der Waals surface area contributed by atoms with Crippen molar-refractivity contribution in [1.82, 2.24) is 0 Å². The van der Waals surface area contributed by atoms with Crippen molar-refractivity contribution in [3.05, 3.63) is 48.2 Å². The topological polar surface area (TPSA) is 54.6 Å². The van der Waals surface area contributed by atoms with E-state index in [-0.39, 0.29) is 12.3 Å². The first-order chi connectivity index (χ1) is 8.70. The van der Waals surface area contributed by atoms with Crippen molar-refractivity contribution in [1.29, 1.82) is 0 Å². The number of halogens is 1. The van der Waals surface area contributed by atoms with Crippen LogP contribution in [-0.4, -0.2) is 18.8 Å². The molecule has 2 aromatic rings. The highest BCUT2D eigenvalue weighted by Crippen LogP contribution is 2.21. The Hall–Kier alpha value is -2.01. The highest BCUT2D eigenvalue weighted by atomic mass is 19.1. The number of furan rings is 1. The minimum atomic E-state index is -0.773. The summed E-state index contributed by atoms with van der Waals surface area (Å²) in [5.41, 5.74) is 0.568. The van der Waals surface area contributed by atoms with Crippen LogP contribution in [0.25, 0.3) is 0 Å². The van der Waals surface area contributed by atoms with Crippen LogP contribution >= 0.6 is 0 Å². The third kappa shape index (κ3) is 2.81. The molecule has 96 valence electrons. The predicted octanol–water partition coefficient (Wildman–Crippen LogP) is 2.57. The lowest BCUT2D eigenvalue weighted by molar-refractivity contribution is 0.162. The zero-order valence-electron chi connectivity index (χ0n) is 9.89. The fourth-order valence-electron chi connectivity index (χ4n) is 1.57. The molecule has 0 saturated heterocycles. The van der Waals surface area contributed by atoms with Crippen LogP contribution in [-0.2, 0) is 0 Å². The smallest absolute Gasteiger partial charge is 0.167 e. The predicted molar refractivity (Wildman–Crippen MR) is 65.1 cm³/mol. The first kappa shape index (κ1) is 12.4. The highest BCUT2D eigenvalue weighted by Gasteiger charge is 2.10. The number of benzene rings is 1. The van der Waals surface area contributed by atoms with E-state index < -0.39 is 11.9 Å². The third-order valence-corrected chi connectivity index (χ3v) is 2.52. The summed E-state index contributed by atoms with van der Waals surface area (Å²) >= 11 is 0. The lowest BCUT2D eigenvalue weighted by Crippen LogP contribution is -2.11. The minimum Gasteiger partial charge on any atom is -0.494 e. The number of ether oxygens (including phenoxy) is 1. The van der Waals surface area contributed by atoms with Crippen LogP contribution in [0, 0.1) is 5.82 Å². The molecule has 2 N–H and O–H groups in total. The molecule has 5 heteroatoms. The molecule has 0 aliphatic rings. The molecule has 0 spiro atoms. The quantitative estimate of drug-likeness (QED) is 0.857. The van der Waals surface area contributed by atoms with Crippen molar-refractivity contribution in [2.45, 2.75) is 6.10 Å². The van der Waals surface area contributed by atoms with Gasteiger partial charge in [0.05, 0.1) is 13.4 Å². The number of rotatable bonds is 5. The summed E-state index contributed by atoms with van der Waals surface area (Å²) in [6, 6.07) is 7.90. The molecular weight excluding hydrogens is 237 g/mol. The summed E-state index contributed by atoms with van der Waals surface area (Å²) in [7, 11) is 1.41. The van der Waals surface area contributed by atoms with Gasteiger partial charge in [0.25, 0.3) is 0 Å². The van der Waals surface area contributed by atoms with Crippen molar-refractivity contribution in [3.8, 4) is 5.75 Å². The van der Waals surface area contributed by atoms with Crippen LogP contribution in [0.1, 0.15) is 11.9 Å². The van der Waals surface area contributed by atoms with Crippen molar-refractivity contribution in [2.75, 3.05) is 19.0 Å². The monoisotopic (exact) mass is 251 g/mol. The standard InChI is InChI=1S/C13H14FNO3/c1-17-12-5-4-9(7-10(12)14)15-8-11(16)13-3-2-6-18-13/h2-7,11,15-16H,8H2,1H3. The second kappa shape index (κ2) is 5.55. The summed E-state index contributed by atoms with van der Waals surface area (Å²) in [5.74, 6) is 0.207. The van der Waals surface area contributed by atoms with Crippen LogP contribution < -0.4 is 10.1 Å². The second-order valence-electron chi connectivity index (χ2n) is 3.76. The summed E-state index contributed by atoms with van der Waals surface area (Å²) in [4.78, 5) is 0. The molecule has 0 radical (unpaired) electrons. The van der Waals surface area contributed by atoms with Gasteiger partial charge in [-0.3, -0.25) is 0 Å². The Balaban J connectivity index is 1.96. The third-order valence-electron chi connectivity index (χ3n) is 2.52. The minimum absolute atomic E-state index is 0.187. The zero-order chi connectivity index (χ0) is 13.0. The van der Waals surface area contributed by atoms with E-state index in [9.17, 15) is 9.50 Å². The molecule has 0 aliphatic carbocycles. The van der Waals surface area contributed by atoms with E-state index in [1.807, 2.05) is 0 Å². The largest absolute Gasteiger partial charge is 0.494 e. The highest BCUT2D eigenvalue weighted by molar-refractivity contribution is 5.47. The summed E-state index contributed by atoms with van der Waals surface area (Å²) < 4.78 is 23.3. The van der Waals surface area contributed by atoms with Crippen LogP contribution in [0.15, 0.2) is 41.0 Å².